The van der Waals surface area contributed by atoms with Gasteiger partial charge in [-0.1, -0.05) is 30.0 Å². The number of aromatic nitrogens is 1. The average molecular weight is 195 g/mol. The quantitative estimate of drug-likeness (QED) is 0.357. The van der Waals surface area contributed by atoms with Gasteiger partial charge in [0, 0.05) is 11.6 Å². The van der Waals surface area contributed by atoms with E-state index < -0.39 is 0 Å². The molecule has 1 aromatic carbocycles. The number of pyridine rings is 1. The highest BCUT2D eigenvalue weighted by Gasteiger charge is 1.91. The normalized spacial score (nSPS) is 9.07. The van der Waals surface area contributed by atoms with Gasteiger partial charge in [0.25, 0.3) is 0 Å². The largest absolute Gasteiger partial charge is 0.619 e. The van der Waals surface area contributed by atoms with Gasteiger partial charge >= 0.3 is 0 Å². The van der Waals surface area contributed by atoms with Crippen molar-refractivity contribution in [1.82, 2.24) is 0 Å². The Morgan fingerprint density at radius 1 is 0.867 bits per heavy atom. The molecule has 0 saturated carbocycles. The van der Waals surface area contributed by atoms with Crippen LogP contribution in [0.15, 0.2) is 54.9 Å². The van der Waals surface area contributed by atoms with Crippen molar-refractivity contribution in [3.05, 3.63) is 71.2 Å². The second-order valence-electron chi connectivity index (χ2n) is 3.07. The maximum atomic E-state index is 11.0. The number of rotatable bonds is 0. The van der Waals surface area contributed by atoms with Crippen LogP contribution in [-0.4, -0.2) is 0 Å². The van der Waals surface area contributed by atoms with E-state index in [0.29, 0.717) is 0 Å². The van der Waals surface area contributed by atoms with Crippen molar-refractivity contribution < 1.29 is 4.73 Å². The molecule has 0 aliphatic rings. The van der Waals surface area contributed by atoms with Crippen LogP contribution in [0, 0.1) is 17.0 Å². The fourth-order valence-electron chi connectivity index (χ4n) is 1.19. The lowest BCUT2D eigenvalue weighted by atomic mass is 10.2. The van der Waals surface area contributed by atoms with Crippen LogP contribution in [0.1, 0.15) is 11.1 Å². The first-order valence-electron chi connectivity index (χ1n) is 4.60. The highest BCUT2D eigenvalue weighted by Crippen LogP contribution is 1.97. The SMILES string of the molecule is [O-][n+]1cccc(C#Cc2ccccc2)c1. The first kappa shape index (κ1) is 9.29. The standard InChI is InChI=1S/C13H9NO/c15-14-10-4-7-13(11-14)9-8-12-5-2-1-3-6-12/h1-7,10-11H. The monoisotopic (exact) mass is 195 g/mol. The molecule has 0 saturated heterocycles. The molecule has 2 nitrogen and oxygen atoms in total. The topological polar surface area (TPSA) is 26.9 Å². The molecule has 15 heavy (non-hydrogen) atoms. The van der Waals surface area contributed by atoms with Crippen LogP contribution in [0.5, 0.6) is 0 Å². The molecule has 0 amide bonds. The third kappa shape index (κ3) is 2.58. The minimum atomic E-state index is 0.719. The van der Waals surface area contributed by atoms with Gasteiger partial charge in [0.1, 0.15) is 0 Å². The lowest BCUT2D eigenvalue weighted by Crippen LogP contribution is -2.24. The summed E-state index contributed by atoms with van der Waals surface area (Å²) in [5.74, 6) is 5.92. The van der Waals surface area contributed by atoms with Gasteiger partial charge in [-0.3, -0.25) is 0 Å². The summed E-state index contributed by atoms with van der Waals surface area (Å²) in [6.45, 7) is 0. The van der Waals surface area contributed by atoms with Crippen molar-refractivity contribution in [2.45, 2.75) is 0 Å². The lowest BCUT2D eigenvalue weighted by Gasteiger charge is -1.93. The van der Waals surface area contributed by atoms with Crippen molar-refractivity contribution in [2.75, 3.05) is 0 Å². The summed E-state index contributed by atoms with van der Waals surface area (Å²) in [6.07, 6.45) is 2.89. The Bertz CT molecular complexity index is 509. The zero-order chi connectivity index (χ0) is 10.5. The highest BCUT2D eigenvalue weighted by atomic mass is 16.5. The van der Waals surface area contributed by atoms with Gasteiger partial charge in [-0.15, -0.1) is 0 Å². The second kappa shape index (κ2) is 4.30. The Hall–Kier alpha value is -2.27. The van der Waals surface area contributed by atoms with Crippen LogP contribution in [0.4, 0.5) is 0 Å². The third-order valence-electron chi connectivity index (χ3n) is 1.90. The summed E-state index contributed by atoms with van der Waals surface area (Å²) in [5, 5.41) is 11.0. The van der Waals surface area contributed by atoms with Crippen molar-refractivity contribution >= 4 is 0 Å². The van der Waals surface area contributed by atoms with E-state index in [2.05, 4.69) is 11.8 Å². The van der Waals surface area contributed by atoms with Crippen molar-refractivity contribution in [3.8, 4) is 11.8 Å². The van der Waals surface area contributed by atoms with Gasteiger partial charge in [0.15, 0.2) is 12.4 Å². The summed E-state index contributed by atoms with van der Waals surface area (Å²) < 4.78 is 0.745. The summed E-state index contributed by atoms with van der Waals surface area (Å²) in [6, 6.07) is 13.2. The Kier molecular flexibility index (Phi) is 2.66. The van der Waals surface area contributed by atoms with Gasteiger partial charge in [-0.2, -0.15) is 4.73 Å². The molecule has 0 unspecified atom stereocenters. The Labute approximate surface area is 88.4 Å². The molecule has 2 rings (SSSR count). The molecule has 0 N–H and O–H groups in total. The maximum absolute atomic E-state index is 11.0. The van der Waals surface area contributed by atoms with E-state index in [1.165, 1.54) is 12.4 Å². The Morgan fingerprint density at radius 2 is 1.53 bits per heavy atom. The summed E-state index contributed by atoms with van der Waals surface area (Å²) >= 11 is 0. The fraction of sp³-hybridized carbons (Fsp3) is 0. The molecular formula is C13H9NO. The Balaban J connectivity index is 2.26. The van der Waals surface area contributed by atoms with E-state index in [0.717, 1.165) is 15.9 Å². The molecule has 2 heteroatoms. The van der Waals surface area contributed by atoms with E-state index in [4.69, 9.17) is 0 Å². The molecule has 72 valence electrons. The number of nitrogens with zero attached hydrogens (tertiary/aromatic N) is 1. The van der Waals surface area contributed by atoms with Crippen LogP contribution in [0.2, 0.25) is 0 Å². The van der Waals surface area contributed by atoms with Gasteiger partial charge < -0.3 is 5.21 Å². The number of hydrogen-bond donors (Lipinski definition) is 0. The molecule has 0 aliphatic carbocycles. The van der Waals surface area contributed by atoms with E-state index >= 15 is 0 Å². The minimum absolute atomic E-state index is 0.719. The average Bonchev–Trinajstić information content (AvgIpc) is 2.28. The van der Waals surface area contributed by atoms with E-state index in [9.17, 15) is 5.21 Å². The van der Waals surface area contributed by atoms with Crippen LogP contribution in [-0.2, 0) is 0 Å². The third-order valence-corrected chi connectivity index (χ3v) is 1.90. The van der Waals surface area contributed by atoms with E-state index in [1.807, 2.05) is 36.4 Å². The molecule has 1 aromatic heterocycles. The fourth-order valence-corrected chi connectivity index (χ4v) is 1.19. The zero-order valence-corrected chi connectivity index (χ0v) is 8.05. The Morgan fingerprint density at radius 3 is 2.27 bits per heavy atom. The molecule has 0 atom stereocenters. The zero-order valence-electron chi connectivity index (χ0n) is 8.05. The first-order valence-corrected chi connectivity index (χ1v) is 4.60. The predicted octanol–water partition coefficient (Wildman–Crippen LogP) is 1.72. The highest BCUT2D eigenvalue weighted by molar-refractivity contribution is 5.40. The van der Waals surface area contributed by atoms with Crippen LogP contribution >= 0.6 is 0 Å². The summed E-state index contributed by atoms with van der Waals surface area (Å²) in [4.78, 5) is 0. The molecule has 0 aliphatic heterocycles. The minimum Gasteiger partial charge on any atom is -0.619 e. The first-order chi connectivity index (χ1) is 7.34. The maximum Gasteiger partial charge on any atom is 0.196 e. The lowest BCUT2D eigenvalue weighted by molar-refractivity contribution is -0.605. The van der Waals surface area contributed by atoms with Crippen LogP contribution < -0.4 is 4.73 Å². The number of benzene rings is 1. The van der Waals surface area contributed by atoms with Crippen molar-refractivity contribution in [3.63, 3.8) is 0 Å². The predicted molar refractivity (Wildman–Crippen MR) is 57.8 cm³/mol. The van der Waals surface area contributed by atoms with Gasteiger partial charge in [0.2, 0.25) is 0 Å². The van der Waals surface area contributed by atoms with Crippen molar-refractivity contribution in [1.29, 1.82) is 0 Å². The summed E-state index contributed by atoms with van der Waals surface area (Å²) in [5.41, 5.74) is 1.66. The number of hydrogen-bond acceptors (Lipinski definition) is 1. The van der Waals surface area contributed by atoms with Crippen LogP contribution in [0.25, 0.3) is 0 Å². The van der Waals surface area contributed by atoms with E-state index in [1.54, 1.807) is 6.07 Å². The summed E-state index contributed by atoms with van der Waals surface area (Å²) in [7, 11) is 0. The molecular weight excluding hydrogens is 186 g/mol. The molecule has 1 heterocycles. The molecule has 0 spiro atoms. The second-order valence-corrected chi connectivity index (χ2v) is 3.07. The molecule has 2 aromatic rings. The smallest absolute Gasteiger partial charge is 0.196 e. The molecule has 0 fully saturated rings. The van der Waals surface area contributed by atoms with Gasteiger partial charge in [-0.05, 0) is 18.2 Å². The van der Waals surface area contributed by atoms with Crippen molar-refractivity contribution in [2.24, 2.45) is 0 Å². The van der Waals surface area contributed by atoms with Crippen LogP contribution in [0.3, 0.4) is 0 Å². The molecule has 0 bridgehead atoms. The van der Waals surface area contributed by atoms with Gasteiger partial charge in [0.05, 0.1) is 5.56 Å². The molecule has 0 radical (unpaired) electrons. The van der Waals surface area contributed by atoms with E-state index in [-0.39, 0.29) is 0 Å². The van der Waals surface area contributed by atoms with Gasteiger partial charge in [-0.25, -0.2) is 0 Å².